The number of likely N-dealkylation sites (tertiary alicyclic amines) is 2. The van der Waals surface area contributed by atoms with Gasteiger partial charge in [-0.3, -0.25) is 0 Å². The van der Waals surface area contributed by atoms with Crippen molar-refractivity contribution in [3.05, 3.63) is 0 Å². The first-order valence-electron chi connectivity index (χ1n) is 12.3. The van der Waals surface area contributed by atoms with E-state index in [1.807, 2.05) is 0 Å². The van der Waals surface area contributed by atoms with Crippen LogP contribution in [-0.4, -0.2) is 141 Å². The van der Waals surface area contributed by atoms with Crippen molar-refractivity contribution in [1.29, 1.82) is 0 Å². The minimum absolute atomic E-state index is 1.37. The van der Waals surface area contributed by atoms with E-state index in [1.165, 1.54) is 93.2 Å². The van der Waals surface area contributed by atoms with Gasteiger partial charge >= 0.3 is 11.9 Å². The molecule has 216 valence electrons. The number of carbonyl (C=O) groups is 4. The maximum Gasteiger partial charge on any atom is 0.335 e. The van der Waals surface area contributed by atoms with Crippen molar-refractivity contribution < 1.29 is 69.0 Å². The monoisotopic (exact) mass is 538 g/mol. The number of unbranched alkanes of at least 4 members (excludes halogenated alkanes) is 2. The first-order valence-corrected chi connectivity index (χ1v) is 12.3. The summed E-state index contributed by atoms with van der Waals surface area (Å²) in [6.45, 7) is 8.62. The maximum atomic E-state index is 9.74. The van der Waals surface area contributed by atoms with E-state index in [0.717, 1.165) is 0 Å². The third-order valence-electron chi connectivity index (χ3n) is 6.77. The molecule has 0 aromatic heterocycles. The number of rotatable bonds is 12. The lowest BCUT2D eigenvalue weighted by molar-refractivity contribution is -0.899. The summed E-state index contributed by atoms with van der Waals surface area (Å²) in [6, 6.07) is 0. The molecule has 2 saturated heterocycles. The number of carboxylic acid groups (broad SMARTS) is 4. The highest BCUT2D eigenvalue weighted by atomic mass is 16.4. The second kappa shape index (κ2) is 16.5. The van der Waals surface area contributed by atoms with Gasteiger partial charge in [-0.05, 0) is 19.3 Å². The molecule has 0 amide bonds. The van der Waals surface area contributed by atoms with Gasteiger partial charge in [-0.25, -0.2) is 9.59 Å². The van der Waals surface area contributed by atoms with E-state index in [4.69, 9.17) is 30.6 Å². The molecule has 2 rings (SSSR count). The molecule has 2 aliphatic rings. The number of aliphatic carboxylic acids is 4. The van der Waals surface area contributed by atoms with Gasteiger partial charge in [-0.15, -0.1) is 0 Å². The molecule has 14 nitrogen and oxygen atoms in total. The minimum Gasteiger partial charge on any atom is -0.547 e. The van der Waals surface area contributed by atoms with Crippen molar-refractivity contribution in [2.75, 3.05) is 53.4 Å². The molecule has 2 heterocycles. The zero-order chi connectivity index (χ0) is 28.8. The normalized spacial score (nSPS) is 20.7. The molecule has 0 spiro atoms. The molecule has 0 saturated carbocycles. The summed E-state index contributed by atoms with van der Waals surface area (Å²) in [5.74, 6) is -7.65. The van der Waals surface area contributed by atoms with Crippen molar-refractivity contribution in [2.24, 2.45) is 0 Å². The molecule has 0 aliphatic carbocycles. The predicted octanol–water partition coefficient (Wildman–Crippen LogP) is -4.28. The van der Waals surface area contributed by atoms with Gasteiger partial charge in [0, 0.05) is 25.7 Å². The largest absolute Gasteiger partial charge is 0.547 e. The quantitative estimate of drug-likeness (QED) is 0.102. The van der Waals surface area contributed by atoms with Crippen molar-refractivity contribution in [3.8, 4) is 0 Å². The predicted molar refractivity (Wildman–Crippen MR) is 123 cm³/mol. The van der Waals surface area contributed by atoms with Gasteiger partial charge < -0.3 is 59.4 Å². The van der Waals surface area contributed by atoms with Crippen LogP contribution < -0.4 is 10.2 Å². The summed E-state index contributed by atoms with van der Waals surface area (Å²) in [5.41, 5.74) is 0. The Morgan fingerprint density at radius 2 is 0.865 bits per heavy atom. The topological polar surface area (TPSA) is 236 Å². The van der Waals surface area contributed by atoms with Crippen LogP contribution in [0.15, 0.2) is 0 Å². The molecule has 4 unspecified atom stereocenters. The first kappa shape index (κ1) is 34.6. The Morgan fingerprint density at radius 3 is 1.05 bits per heavy atom. The van der Waals surface area contributed by atoms with E-state index >= 15 is 0 Å². The molecule has 14 heteroatoms. The molecular weight excluding hydrogens is 496 g/mol. The zero-order valence-corrected chi connectivity index (χ0v) is 21.5. The number of carboxylic acids is 4. The fourth-order valence-electron chi connectivity index (χ4n) is 4.34. The minimum atomic E-state index is -2.38. The highest BCUT2D eigenvalue weighted by molar-refractivity contribution is 5.82. The van der Waals surface area contributed by atoms with E-state index in [-0.39, 0.29) is 0 Å². The van der Waals surface area contributed by atoms with Crippen molar-refractivity contribution in [1.82, 2.24) is 0 Å². The van der Waals surface area contributed by atoms with E-state index in [0.29, 0.717) is 0 Å². The summed E-state index contributed by atoms with van der Waals surface area (Å²) in [7, 11) is 4.92. The van der Waals surface area contributed by atoms with Crippen LogP contribution in [0.25, 0.3) is 0 Å². The lowest BCUT2D eigenvalue weighted by Gasteiger charge is -2.30. The average molecular weight is 539 g/mol. The van der Waals surface area contributed by atoms with Crippen molar-refractivity contribution >= 4 is 23.9 Å². The molecule has 0 radical (unpaired) electrons. The molecule has 0 aromatic rings. The van der Waals surface area contributed by atoms with E-state index in [1.54, 1.807) is 0 Å². The molecule has 2 aliphatic heterocycles. The van der Waals surface area contributed by atoms with Crippen LogP contribution in [0.2, 0.25) is 0 Å². The van der Waals surface area contributed by atoms with Gasteiger partial charge in [0.15, 0.2) is 12.2 Å². The second-order valence-corrected chi connectivity index (χ2v) is 10.1. The van der Waals surface area contributed by atoms with Crippen LogP contribution in [0.5, 0.6) is 0 Å². The van der Waals surface area contributed by atoms with Crippen LogP contribution in [0, 0.1) is 0 Å². The van der Waals surface area contributed by atoms with Crippen LogP contribution in [0.4, 0.5) is 0 Å². The summed E-state index contributed by atoms with van der Waals surface area (Å²) in [5, 5.41) is 68.3. The fraction of sp³-hybridized carbons (Fsp3) is 0.826. The number of hydrogen-bond donors (Lipinski definition) is 6. The molecule has 4 atom stereocenters. The molecule has 37 heavy (non-hydrogen) atoms. The lowest BCUT2D eigenvalue weighted by Crippen LogP contribution is -2.46. The summed E-state index contributed by atoms with van der Waals surface area (Å²) >= 11 is 0. The lowest BCUT2D eigenvalue weighted by atomic mass is 10.2. The Labute approximate surface area is 216 Å². The number of aliphatic hydroxyl groups excluding tert-OH is 4. The number of nitrogens with zero attached hydrogens (tertiary/aromatic N) is 2. The van der Waals surface area contributed by atoms with Crippen LogP contribution in [0.3, 0.4) is 0 Å². The van der Waals surface area contributed by atoms with Crippen molar-refractivity contribution in [2.45, 2.75) is 69.4 Å². The van der Waals surface area contributed by atoms with Crippen molar-refractivity contribution in [3.63, 3.8) is 0 Å². The third kappa shape index (κ3) is 13.7. The van der Waals surface area contributed by atoms with Gasteiger partial charge in [0.25, 0.3) is 0 Å². The van der Waals surface area contributed by atoms with E-state index < -0.39 is 48.3 Å². The SMILES string of the molecule is C[N+]1(CCCCC[N+]2(C)CCCC2)CCCC1.O=C([O-])C(O)C(O)C(=O)O.O=C([O-])C(O)C(O)C(=O)O. The van der Waals surface area contributed by atoms with Crippen LogP contribution in [-0.2, 0) is 19.2 Å². The molecular formula is C23H42N2O12. The number of carbonyl (C=O) groups excluding carboxylic acids is 2. The molecule has 6 N–H and O–H groups in total. The number of aliphatic hydroxyl groups is 4. The van der Waals surface area contributed by atoms with Gasteiger partial charge in [0.2, 0.25) is 0 Å². The summed E-state index contributed by atoms with van der Waals surface area (Å²) in [6.07, 6.45) is 0.813. The Bertz CT molecular complexity index is 639. The van der Waals surface area contributed by atoms with E-state index in [2.05, 4.69) is 14.1 Å². The summed E-state index contributed by atoms with van der Waals surface area (Å²) < 4.78 is 2.73. The summed E-state index contributed by atoms with van der Waals surface area (Å²) in [4.78, 5) is 38.8. The fourth-order valence-corrected chi connectivity index (χ4v) is 4.34. The smallest absolute Gasteiger partial charge is 0.335 e. The first-order chi connectivity index (χ1) is 17.0. The molecule has 0 aromatic carbocycles. The van der Waals surface area contributed by atoms with Gasteiger partial charge in [0.05, 0.1) is 65.3 Å². The van der Waals surface area contributed by atoms with Crippen LogP contribution >= 0.6 is 0 Å². The molecule has 0 bridgehead atoms. The standard InChI is InChI=1S/C15H32N2.2C4H6O6/c1-16(12-6-7-13-16)10-4-3-5-11-17(2)14-8-9-15-17;2*5-1(3(7)8)2(6)4(9)10/h3-15H2,1-2H3;2*1-2,5-6H,(H,7,8)(H,9,10)/q+2;;/p-2. The Kier molecular flexibility index (Phi) is 15.4. The zero-order valence-electron chi connectivity index (χ0n) is 21.5. The van der Waals surface area contributed by atoms with Gasteiger partial charge in [-0.2, -0.15) is 0 Å². The van der Waals surface area contributed by atoms with Gasteiger partial charge in [-0.1, -0.05) is 0 Å². The second-order valence-electron chi connectivity index (χ2n) is 10.1. The van der Waals surface area contributed by atoms with Crippen LogP contribution in [0.1, 0.15) is 44.9 Å². The highest BCUT2D eigenvalue weighted by Crippen LogP contribution is 2.20. The van der Waals surface area contributed by atoms with E-state index in [9.17, 15) is 29.4 Å². The molecule has 2 fully saturated rings. The average Bonchev–Trinajstić information content (AvgIpc) is 3.46. The Balaban J connectivity index is 0.000000564. The Hall–Kier alpha value is -2.36. The Morgan fingerprint density at radius 1 is 0.595 bits per heavy atom. The third-order valence-corrected chi connectivity index (χ3v) is 6.77. The number of hydrogen-bond acceptors (Lipinski definition) is 10. The highest BCUT2D eigenvalue weighted by Gasteiger charge is 2.28. The van der Waals surface area contributed by atoms with Gasteiger partial charge in [0.1, 0.15) is 12.2 Å². The number of quaternary nitrogens is 2. The maximum absolute atomic E-state index is 9.74.